The van der Waals surface area contributed by atoms with E-state index >= 15 is 0 Å². The molecule has 3 heteroatoms. The van der Waals surface area contributed by atoms with E-state index in [1.54, 1.807) is 0 Å². The van der Waals surface area contributed by atoms with Crippen LogP contribution in [0.15, 0.2) is 24.3 Å². The molecule has 2 rings (SSSR count). The van der Waals surface area contributed by atoms with Crippen molar-refractivity contribution in [1.29, 1.82) is 0 Å². The number of rotatable bonds is 4. The second-order valence-corrected chi connectivity index (χ2v) is 6.80. The molecule has 1 aliphatic carbocycles. The van der Waals surface area contributed by atoms with Crippen LogP contribution in [0.4, 0.5) is 0 Å². The van der Waals surface area contributed by atoms with Crippen LogP contribution < -0.4 is 5.73 Å². The van der Waals surface area contributed by atoms with Gasteiger partial charge in [-0.05, 0) is 44.6 Å². The Labute approximate surface area is 127 Å². The normalized spacial score (nSPS) is 29.9. The van der Waals surface area contributed by atoms with Crippen molar-refractivity contribution in [3.8, 4) is 0 Å². The number of hydrogen-bond acceptors (Lipinski definition) is 2. The zero-order valence-corrected chi connectivity index (χ0v) is 13.3. The van der Waals surface area contributed by atoms with Gasteiger partial charge in [0.2, 0.25) is 0 Å². The molecule has 1 aromatic rings. The van der Waals surface area contributed by atoms with Crippen LogP contribution in [0.3, 0.4) is 0 Å². The van der Waals surface area contributed by atoms with E-state index in [4.69, 9.17) is 17.3 Å². The summed E-state index contributed by atoms with van der Waals surface area (Å²) >= 11 is 6.30. The maximum Gasteiger partial charge on any atom is 0.0950 e. The van der Waals surface area contributed by atoms with Gasteiger partial charge in [0.15, 0.2) is 0 Å². The molecule has 0 amide bonds. The SMILES string of the molecule is CCC1CCC(CN)(C(C)(O)c2ccccc2Cl)CC1. The third-order valence-corrected chi connectivity index (χ3v) is 5.79. The molecule has 0 heterocycles. The zero-order chi connectivity index (χ0) is 14.8. The fraction of sp³-hybridized carbons (Fsp3) is 0.647. The molecule has 0 spiro atoms. The molecule has 3 N–H and O–H groups in total. The fourth-order valence-corrected chi connectivity index (χ4v) is 3.99. The molecule has 0 aromatic heterocycles. The van der Waals surface area contributed by atoms with Gasteiger partial charge in [-0.3, -0.25) is 0 Å². The minimum Gasteiger partial charge on any atom is -0.385 e. The Balaban J connectivity index is 2.33. The van der Waals surface area contributed by atoms with E-state index in [2.05, 4.69) is 6.92 Å². The molecule has 20 heavy (non-hydrogen) atoms. The maximum absolute atomic E-state index is 11.2. The van der Waals surface area contributed by atoms with E-state index in [1.807, 2.05) is 31.2 Å². The summed E-state index contributed by atoms with van der Waals surface area (Å²) in [7, 11) is 0. The second-order valence-electron chi connectivity index (χ2n) is 6.39. The van der Waals surface area contributed by atoms with E-state index in [9.17, 15) is 5.11 Å². The molecule has 1 aliphatic rings. The Morgan fingerprint density at radius 3 is 2.45 bits per heavy atom. The summed E-state index contributed by atoms with van der Waals surface area (Å²) in [4.78, 5) is 0. The molecule has 1 unspecified atom stereocenters. The van der Waals surface area contributed by atoms with E-state index in [-0.39, 0.29) is 5.41 Å². The Morgan fingerprint density at radius 1 is 1.35 bits per heavy atom. The molecule has 112 valence electrons. The predicted molar refractivity (Wildman–Crippen MR) is 84.8 cm³/mol. The van der Waals surface area contributed by atoms with Gasteiger partial charge in [-0.1, -0.05) is 43.1 Å². The summed E-state index contributed by atoms with van der Waals surface area (Å²) in [6, 6.07) is 7.58. The molecule has 0 bridgehead atoms. The van der Waals surface area contributed by atoms with E-state index in [1.165, 1.54) is 6.42 Å². The van der Waals surface area contributed by atoms with E-state index < -0.39 is 5.60 Å². The van der Waals surface area contributed by atoms with Gasteiger partial charge in [0.05, 0.1) is 5.60 Å². The number of halogens is 1. The van der Waals surface area contributed by atoms with Gasteiger partial charge in [0.1, 0.15) is 0 Å². The molecule has 1 fully saturated rings. The third-order valence-electron chi connectivity index (χ3n) is 5.46. The standard InChI is InChI=1S/C17H26ClNO/c1-3-13-8-10-17(12-19,11-9-13)16(2,20)14-6-4-5-7-15(14)18/h4-7,13,20H,3,8-12,19H2,1-2H3. The van der Waals surface area contributed by atoms with Crippen LogP contribution in [0.25, 0.3) is 0 Å². The lowest BCUT2D eigenvalue weighted by Gasteiger charge is -2.49. The van der Waals surface area contributed by atoms with Crippen molar-refractivity contribution in [3.63, 3.8) is 0 Å². The Hall–Kier alpha value is -0.570. The highest BCUT2D eigenvalue weighted by atomic mass is 35.5. The molecular weight excluding hydrogens is 270 g/mol. The topological polar surface area (TPSA) is 46.2 Å². The summed E-state index contributed by atoms with van der Waals surface area (Å²) in [5.74, 6) is 0.775. The second kappa shape index (κ2) is 6.05. The molecule has 2 nitrogen and oxygen atoms in total. The highest BCUT2D eigenvalue weighted by molar-refractivity contribution is 6.31. The lowest BCUT2D eigenvalue weighted by atomic mass is 9.59. The van der Waals surface area contributed by atoms with Crippen LogP contribution in [0, 0.1) is 11.3 Å². The summed E-state index contributed by atoms with van der Waals surface area (Å²) in [5, 5.41) is 11.9. The number of aliphatic hydroxyl groups is 1. The van der Waals surface area contributed by atoms with Crippen molar-refractivity contribution in [2.24, 2.45) is 17.1 Å². The summed E-state index contributed by atoms with van der Waals surface area (Å²) in [6.45, 7) is 4.63. The van der Waals surface area contributed by atoms with E-state index in [0.29, 0.717) is 11.6 Å². The molecule has 0 aliphatic heterocycles. The predicted octanol–water partition coefficient (Wildman–Crippen LogP) is 4.09. The summed E-state index contributed by atoms with van der Waals surface area (Å²) in [5.41, 5.74) is 5.67. The van der Waals surface area contributed by atoms with E-state index in [0.717, 1.165) is 37.2 Å². The first-order chi connectivity index (χ1) is 9.47. The Morgan fingerprint density at radius 2 is 1.95 bits per heavy atom. The van der Waals surface area contributed by atoms with Crippen LogP contribution in [0.5, 0.6) is 0 Å². The lowest BCUT2D eigenvalue weighted by molar-refractivity contribution is -0.0980. The molecule has 0 radical (unpaired) electrons. The quantitative estimate of drug-likeness (QED) is 0.879. The summed E-state index contributed by atoms with van der Waals surface area (Å²) in [6.07, 6.45) is 5.46. The van der Waals surface area contributed by atoms with Gasteiger partial charge in [0.25, 0.3) is 0 Å². The first-order valence-corrected chi connectivity index (χ1v) is 8.02. The van der Waals surface area contributed by atoms with Crippen LogP contribution in [-0.4, -0.2) is 11.7 Å². The monoisotopic (exact) mass is 295 g/mol. The first kappa shape index (κ1) is 15.8. The van der Waals surface area contributed by atoms with Crippen molar-refractivity contribution in [2.75, 3.05) is 6.54 Å². The number of nitrogens with two attached hydrogens (primary N) is 1. The van der Waals surface area contributed by atoms with Crippen LogP contribution in [0.1, 0.15) is 51.5 Å². The van der Waals surface area contributed by atoms with Crippen LogP contribution >= 0.6 is 11.6 Å². The van der Waals surface area contributed by atoms with Gasteiger partial charge in [-0.25, -0.2) is 0 Å². The first-order valence-electron chi connectivity index (χ1n) is 7.64. The average molecular weight is 296 g/mol. The van der Waals surface area contributed by atoms with Crippen molar-refractivity contribution in [1.82, 2.24) is 0 Å². The van der Waals surface area contributed by atoms with Gasteiger partial charge in [0, 0.05) is 22.5 Å². The highest BCUT2D eigenvalue weighted by Crippen LogP contribution is 2.51. The van der Waals surface area contributed by atoms with Gasteiger partial charge in [-0.15, -0.1) is 0 Å². The molecule has 1 saturated carbocycles. The van der Waals surface area contributed by atoms with Gasteiger partial charge >= 0.3 is 0 Å². The maximum atomic E-state index is 11.2. The number of benzene rings is 1. The smallest absolute Gasteiger partial charge is 0.0950 e. The molecule has 1 atom stereocenters. The van der Waals surface area contributed by atoms with Gasteiger partial charge in [-0.2, -0.15) is 0 Å². The summed E-state index contributed by atoms with van der Waals surface area (Å²) < 4.78 is 0. The molecular formula is C17H26ClNO. The minimum absolute atomic E-state index is 0.260. The molecule has 1 aromatic carbocycles. The van der Waals surface area contributed by atoms with Crippen molar-refractivity contribution < 1.29 is 5.11 Å². The third kappa shape index (κ3) is 2.61. The average Bonchev–Trinajstić information content (AvgIpc) is 2.47. The minimum atomic E-state index is -0.973. The van der Waals surface area contributed by atoms with Crippen molar-refractivity contribution >= 4 is 11.6 Å². The Bertz CT molecular complexity index is 450. The fourth-order valence-electron chi connectivity index (χ4n) is 3.67. The zero-order valence-electron chi connectivity index (χ0n) is 12.5. The van der Waals surface area contributed by atoms with Crippen molar-refractivity contribution in [3.05, 3.63) is 34.9 Å². The van der Waals surface area contributed by atoms with Crippen LogP contribution in [-0.2, 0) is 5.60 Å². The van der Waals surface area contributed by atoms with Gasteiger partial charge < -0.3 is 10.8 Å². The highest BCUT2D eigenvalue weighted by Gasteiger charge is 2.49. The largest absolute Gasteiger partial charge is 0.385 e. The molecule has 0 saturated heterocycles. The lowest BCUT2D eigenvalue weighted by Crippen LogP contribution is -2.50. The number of hydrogen-bond donors (Lipinski definition) is 2. The van der Waals surface area contributed by atoms with Crippen LogP contribution in [0.2, 0.25) is 5.02 Å². The van der Waals surface area contributed by atoms with Crippen molar-refractivity contribution in [2.45, 2.75) is 51.6 Å². The Kier molecular flexibility index (Phi) is 4.78.